The minimum atomic E-state index is -0.276. The molecule has 1 aromatic carbocycles. The average Bonchev–Trinajstić information content (AvgIpc) is 2.81. The van der Waals surface area contributed by atoms with Gasteiger partial charge >= 0.3 is 5.97 Å². The molecule has 5 heteroatoms. The zero-order valence-electron chi connectivity index (χ0n) is 12.0. The number of nitrogens with zero attached hydrogens (tertiary/aromatic N) is 1. The Balaban J connectivity index is 0.00000161. The van der Waals surface area contributed by atoms with Crippen molar-refractivity contribution in [3.63, 3.8) is 0 Å². The molecule has 2 heterocycles. The fourth-order valence-corrected chi connectivity index (χ4v) is 2.42. The first-order valence-electron chi connectivity index (χ1n) is 6.78. The van der Waals surface area contributed by atoms with Gasteiger partial charge in [-0.3, -0.25) is 0 Å². The van der Waals surface area contributed by atoms with Gasteiger partial charge in [-0.05, 0) is 12.5 Å². The molecule has 0 unspecified atom stereocenters. The van der Waals surface area contributed by atoms with Crippen LogP contribution in [0.3, 0.4) is 0 Å². The van der Waals surface area contributed by atoms with Gasteiger partial charge in [0, 0.05) is 22.4 Å². The summed E-state index contributed by atoms with van der Waals surface area (Å²) in [6.07, 6.45) is 2.75. The molecule has 0 radical (unpaired) electrons. The van der Waals surface area contributed by atoms with Gasteiger partial charge in [0.1, 0.15) is 12.6 Å². The van der Waals surface area contributed by atoms with Crippen molar-refractivity contribution in [1.29, 1.82) is 0 Å². The molecule has 0 spiro atoms. The largest absolute Gasteiger partial charge is 1.00 e. The number of carbonyl (C=O) groups is 1. The topological polar surface area (TPSA) is 46.0 Å². The molecule has 0 aliphatic carbocycles. The second-order valence-electron chi connectivity index (χ2n) is 4.90. The number of halogens is 1. The third kappa shape index (κ3) is 2.88. The Morgan fingerprint density at radius 1 is 1.24 bits per heavy atom. The molecule has 0 aliphatic rings. The Kier molecular flexibility index (Phi) is 4.82. The lowest BCUT2D eigenvalue weighted by atomic mass is 10.1. The van der Waals surface area contributed by atoms with Crippen LogP contribution in [0, 0.1) is 0 Å². The summed E-state index contributed by atoms with van der Waals surface area (Å²) in [5.41, 5.74) is 2.65. The van der Waals surface area contributed by atoms with E-state index in [1.54, 1.807) is 4.57 Å². The highest BCUT2D eigenvalue weighted by molar-refractivity contribution is 6.08. The molecule has 0 fully saturated rings. The van der Waals surface area contributed by atoms with Crippen LogP contribution >= 0.6 is 0 Å². The van der Waals surface area contributed by atoms with Crippen molar-refractivity contribution < 1.29 is 38.1 Å². The molecule has 0 saturated heterocycles. The second-order valence-corrected chi connectivity index (χ2v) is 4.90. The van der Waals surface area contributed by atoms with E-state index < -0.39 is 0 Å². The number of carbonyl (C=O) groups excluding carboxylic acids is 1. The van der Waals surface area contributed by atoms with Crippen LogP contribution in [0.25, 0.3) is 21.8 Å². The molecule has 110 valence electrons. The number of aromatic nitrogens is 2. The predicted octanol–water partition coefficient (Wildman–Crippen LogP) is -0.284. The van der Waals surface area contributed by atoms with E-state index in [0.717, 1.165) is 28.2 Å². The van der Waals surface area contributed by atoms with Crippen molar-refractivity contribution in [1.82, 2.24) is 4.98 Å². The molecular formula is C16H17IN2O2. The molecule has 0 saturated carbocycles. The first kappa shape index (κ1) is 15.8. The number of para-hydroxylation sites is 1. The van der Waals surface area contributed by atoms with Gasteiger partial charge < -0.3 is 33.7 Å². The molecule has 0 atom stereocenters. The Morgan fingerprint density at radius 3 is 2.76 bits per heavy atom. The summed E-state index contributed by atoms with van der Waals surface area (Å²) in [7, 11) is 1.85. The van der Waals surface area contributed by atoms with Gasteiger partial charge in [0.15, 0.2) is 6.20 Å². The third-order valence-corrected chi connectivity index (χ3v) is 3.41. The monoisotopic (exact) mass is 396 g/mol. The standard InChI is InChI=1S/C16H16N2O2.HI/c1-3-8-20-16(19)15-9-12-11-6-4-5-7-13(11)17-14(12)10-18(15)2;/h4-7,9-10H,3,8H2,1-2H3;1H. The van der Waals surface area contributed by atoms with Crippen molar-refractivity contribution in [3.8, 4) is 0 Å². The number of H-pyrrole nitrogens is 1. The van der Waals surface area contributed by atoms with Crippen LogP contribution in [0.5, 0.6) is 0 Å². The number of esters is 1. The third-order valence-electron chi connectivity index (χ3n) is 3.41. The van der Waals surface area contributed by atoms with Crippen LogP contribution in [0.4, 0.5) is 0 Å². The summed E-state index contributed by atoms with van der Waals surface area (Å²) < 4.78 is 7.03. The number of aryl methyl sites for hydroxylation is 1. The van der Waals surface area contributed by atoms with Gasteiger partial charge in [-0.1, -0.05) is 25.1 Å². The zero-order valence-corrected chi connectivity index (χ0v) is 14.2. The SMILES string of the molecule is CCCOC(=O)c1cc2c(c[n+]1C)[nH]c1ccccc12.[I-]. The summed E-state index contributed by atoms with van der Waals surface area (Å²) in [5.74, 6) is -0.276. The lowest BCUT2D eigenvalue weighted by Gasteiger charge is -2.01. The van der Waals surface area contributed by atoms with Crippen LogP contribution in [0.15, 0.2) is 36.5 Å². The quantitative estimate of drug-likeness (QED) is 0.376. The molecule has 0 bridgehead atoms. The molecule has 2 aromatic heterocycles. The number of aromatic amines is 1. The maximum atomic E-state index is 12.1. The van der Waals surface area contributed by atoms with Crippen molar-refractivity contribution in [2.45, 2.75) is 13.3 Å². The van der Waals surface area contributed by atoms with Gasteiger partial charge in [0.05, 0.1) is 6.61 Å². The van der Waals surface area contributed by atoms with Crippen LogP contribution in [0.2, 0.25) is 0 Å². The molecule has 4 nitrogen and oxygen atoms in total. The number of fused-ring (bicyclic) bond motifs is 3. The molecule has 0 aliphatic heterocycles. The Hall–Kier alpha value is -1.63. The van der Waals surface area contributed by atoms with Crippen molar-refractivity contribution in [2.24, 2.45) is 7.05 Å². The Bertz CT molecular complexity index is 795. The van der Waals surface area contributed by atoms with Crippen molar-refractivity contribution in [2.75, 3.05) is 6.61 Å². The van der Waals surface area contributed by atoms with E-state index in [0.29, 0.717) is 12.3 Å². The van der Waals surface area contributed by atoms with E-state index in [9.17, 15) is 4.79 Å². The number of rotatable bonds is 3. The lowest BCUT2D eigenvalue weighted by Crippen LogP contribution is -3.00. The maximum Gasteiger partial charge on any atom is 0.403 e. The van der Waals surface area contributed by atoms with Crippen LogP contribution in [-0.4, -0.2) is 17.6 Å². The van der Waals surface area contributed by atoms with E-state index in [1.165, 1.54) is 0 Å². The van der Waals surface area contributed by atoms with Crippen LogP contribution in [0.1, 0.15) is 23.8 Å². The fraction of sp³-hybridized carbons (Fsp3) is 0.250. The van der Waals surface area contributed by atoms with Gasteiger partial charge in [-0.25, -0.2) is 4.79 Å². The summed E-state index contributed by atoms with van der Waals surface area (Å²) in [4.78, 5) is 15.4. The maximum absolute atomic E-state index is 12.1. The van der Waals surface area contributed by atoms with Gasteiger partial charge in [-0.15, -0.1) is 0 Å². The van der Waals surface area contributed by atoms with E-state index in [4.69, 9.17) is 4.74 Å². The molecule has 21 heavy (non-hydrogen) atoms. The second kappa shape index (κ2) is 6.43. The summed E-state index contributed by atoms with van der Waals surface area (Å²) >= 11 is 0. The Morgan fingerprint density at radius 2 is 2.00 bits per heavy atom. The molecule has 3 aromatic rings. The number of pyridine rings is 1. The number of hydrogen-bond acceptors (Lipinski definition) is 2. The highest BCUT2D eigenvalue weighted by atomic mass is 127. The van der Waals surface area contributed by atoms with Crippen molar-refractivity contribution >= 4 is 27.8 Å². The van der Waals surface area contributed by atoms with Crippen LogP contribution in [-0.2, 0) is 11.8 Å². The fourth-order valence-electron chi connectivity index (χ4n) is 2.42. The average molecular weight is 396 g/mol. The van der Waals surface area contributed by atoms with Gasteiger partial charge in [-0.2, -0.15) is 4.57 Å². The lowest BCUT2D eigenvalue weighted by molar-refractivity contribution is -0.672. The van der Waals surface area contributed by atoms with Gasteiger partial charge in [0.25, 0.3) is 5.69 Å². The molecule has 3 rings (SSSR count). The minimum Gasteiger partial charge on any atom is -1.00 e. The predicted molar refractivity (Wildman–Crippen MR) is 77.6 cm³/mol. The molecular weight excluding hydrogens is 379 g/mol. The first-order valence-corrected chi connectivity index (χ1v) is 6.78. The van der Waals surface area contributed by atoms with Crippen LogP contribution < -0.4 is 28.5 Å². The normalized spacial score (nSPS) is 10.6. The minimum absolute atomic E-state index is 0. The Labute approximate surface area is 140 Å². The number of nitrogens with one attached hydrogen (secondary N) is 1. The summed E-state index contributed by atoms with van der Waals surface area (Å²) in [6, 6.07) is 9.97. The highest BCUT2D eigenvalue weighted by Gasteiger charge is 2.21. The molecule has 0 amide bonds. The van der Waals surface area contributed by atoms with E-state index in [2.05, 4.69) is 11.1 Å². The van der Waals surface area contributed by atoms with E-state index >= 15 is 0 Å². The summed E-state index contributed by atoms with van der Waals surface area (Å²) in [6.45, 7) is 2.43. The summed E-state index contributed by atoms with van der Waals surface area (Å²) in [5, 5.41) is 2.16. The zero-order chi connectivity index (χ0) is 14.1. The van der Waals surface area contributed by atoms with E-state index in [1.807, 2.05) is 44.4 Å². The molecule has 1 N–H and O–H groups in total. The van der Waals surface area contributed by atoms with Crippen molar-refractivity contribution in [3.05, 3.63) is 42.2 Å². The van der Waals surface area contributed by atoms with E-state index in [-0.39, 0.29) is 29.9 Å². The number of ether oxygens (including phenoxy) is 1. The van der Waals surface area contributed by atoms with Gasteiger partial charge in [0.2, 0.25) is 0 Å². The smallest absolute Gasteiger partial charge is 0.403 e. The number of benzene rings is 1. The number of hydrogen-bond donors (Lipinski definition) is 1. The first-order chi connectivity index (χ1) is 9.70. The highest BCUT2D eigenvalue weighted by Crippen LogP contribution is 2.24.